The van der Waals surface area contributed by atoms with Crippen LogP contribution in [0.1, 0.15) is 64.0 Å². The number of amides is 3. The van der Waals surface area contributed by atoms with Crippen molar-refractivity contribution in [3.63, 3.8) is 0 Å². The predicted octanol–water partition coefficient (Wildman–Crippen LogP) is 2.87. The molecule has 0 aliphatic heterocycles. The Morgan fingerprint density at radius 3 is 2.02 bits per heavy atom. The Labute approximate surface area is 251 Å². The molecule has 0 saturated carbocycles. The lowest BCUT2D eigenvalue weighted by atomic mass is 10.0. The van der Waals surface area contributed by atoms with Crippen LogP contribution >= 0.6 is 0 Å². The van der Waals surface area contributed by atoms with Crippen molar-refractivity contribution in [3.8, 4) is 0 Å². The number of carboxylic acids is 1. The van der Waals surface area contributed by atoms with Crippen molar-refractivity contribution in [2.45, 2.75) is 89.8 Å². The van der Waals surface area contributed by atoms with Crippen molar-refractivity contribution >= 4 is 29.8 Å². The normalized spacial score (nSPS) is 13.2. The molecule has 12 heteroatoms. The van der Waals surface area contributed by atoms with E-state index in [-0.39, 0.29) is 38.8 Å². The summed E-state index contributed by atoms with van der Waals surface area (Å²) in [6.45, 7) is 5.00. The maximum atomic E-state index is 14.0. The van der Waals surface area contributed by atoms with Gasteiger partial charge in [0.15, 0.2) is 0 Å². The maximum Gasteiger partial charge on any atom is 0.408 e. The van der Waals surface area contributed by atoms with Crippen LogP contribution in [0.3, 0.4) is 0 Å². The Morgan fingerprint density at radius 2 is 1.49 bits per heavy atom. The fourth-order valence-electron chi connectivity index (χ4n) is 4.24. The van der Waals surface area contributed by atoms with Gasteiger partial charge in [-0.15, -0.1) is 0 Å². The number of carbonyl (C=O) groups excluding carboxylic acids is 4. The molecule has 0 radical (unpaired) electrons. The molecule has 43 heavy (non-hydrogen) atoms. The second kappa shape index (κ2) is 16.9. The summed E-state index contributed by atoms with van der Waals surface area (Å²) in [6, 6.07) is 14.5. The number of nitrogens with zero attached hydrogens (tertiary/aromatic N) is 1. The number of nitrogens with two attached hydrogens (primary N) is 2. The van der Waals surface area contributed by atoms with E-state index in [0.29, 0.717) is 5.56 Å². The number of carboxylic acid groups (broad SMARTS) is 1. The molecular formula is C31H42N4O8. The number of alkyl carbamates (subject to hydrolysis) is 1. The standard InChI is InChI=1S/C31H42N4O8/c1-31(2,3)43-30(41)34-24(16-10-15-23(32)29(40)42-20-22-13-8-5-9-14-22)28(39)35(19-21-11-6-4-7-12-21)25(27(33)38)17-18-26(36)37/h4-9,11-14,23-25H,10,15-20,32H2,1-3H3,(H2,33,38)(H,34,41)(H,36,37)/t23?,24-,25+/m0/s1. The summed E-state index contributed by atoms with van der Waals surface area (Å²) in [5, 5.41) is 11.8. The molecule has 0 aromatic heterocycles. The SMILES string of the molecule is CC(C)(C)OC(=O)N[C@@H](CCCC(N)C(=O)OCc1ccccc1)C(=O)N(Cc1ccccc1)[C@H](CCC(=O)O)C(N)=O. The third-order valence-corrected chi connectivity index (χ3v) is 6.34. The molecule has 3 atom stereocenters. The number of benzene rings is 2. The zero-order chi connectivity index (χ0) is 32.0. The van der Waals surface area contributed by atoms with Crippen LogP contribution < -0.4 is 16.8 Å². The fourth-order valence-corrected chi connectivity index (χ4v) is 4.24. The van der Waals surface area contributed by atoms with Crippen LogP contribution in [-0.4, -0.2) is 63.6 Å². The zero-order valence-corrected chi connectivity index (χ0v) is 24.9. The Hall–Kier alpha value is -4.45. The highest BCUT2D eigenvalue weighted by atomic mass is 16.6. The van der Waals surface area contributed by atoms with Gasteiger partial charge in [-0.05, 0) is 57.6 Å². The van der Waals surface area contributed by atoms with Crippen LogP contribution in [0.4, 0.5) is 4.79 Å². The van der Waals surface area contributed by atoms with Gasteiger partial charge >= 0.3 is 18.0 Å². The molecule has 234 valence electrons. The number of primary amides is 1. The highest BCUT2D eigenvalue weighted by Gasteiger charge is 2.35. The van der Waals surface area contributed by atoms with E-state index >= 15 is 0 Å². The first kappa shape index (κ1) is 34.7. The Bertz CT molecular complexity index is 1220. The summed E-state index contributed by atoms with van der Waals surface area (Å²) >= 11 is 0. The van der Waals surface area contributed by atoms with E-state index in [2.05, 4.69) is 5.32 Å². The number of hydrogen-bond acceptors (Lipinski definition) is 8. The molecule has 0 bridgehead atoms. The summed E-state index contributed by atoms with van der Waals surface area (Å²) in [4.78, 5) is 64.1. The van der Waals surface area contributed by atoms with E-state index < -0.39 is 60.0 Å². The average Bonchev–Trinajstić information content (AvgIpc) is 2.94. The smallest absolute Gasteiger partial charge is 0.408 e. The van der Waals surface area contributed by atoms with E-state index in [1.54, 1.807) is 51.1 Å². The van der Waals surface area contributed by atoms with Gasteiger partial charge in [0.1, 0.15) is 30.3 Å². The third kappa shape index (κ3) is 12.9. The van der Waals surface area contributed by atoms with Crippen LogP contribution in [0.25, 0.3) is 0 Å². The zero-order valence-electron chi connectivity index (χ0n) is 24.9. The van der Waals surface area contributed by atoms with Gasteiger partial charge in [-0.3, -0.25) is 19.2 Å². The van der Waals surface area contributed by atoms with Gasteiger partial charge in [0.2, 0.25) is 11.8 Å². The maximum absolute atomic E-state index is 14.0. The average molecular weight is 599 g/mol. The highest BCUT2D eigenvalue weighted by molar-refractivity contribution is 5.91. The summed E-state index contributed by atoms with van der Waals surface area (Å²) in [5.74, 6) is -3.32. The van der Waals surface area contributed by atoms with Gasteiger partial charge in [0.25, 0.3) is 0 Å². The summed E-state index contributed by atoms with van der Waals surface area (Å²) < 4.78 is 10.6. The quantitative estimate of drug-likeness (QED) is 0.210. The minimum atomic E-state index is -1.26. The van der Waals surface area contributed by atoms with Crippen molar-refractivity contribution in [2.75, 3.05) is 0 Å². The molecule has 0 heterocycles. The number of esters is 1. The Balaban J connectivity index is 2.23. The van der Waals surface area contributed by atoms with Gasteiger partial charge < -0.3 is 36.3 Å². The lowest BCUT2D eigenvalue weighted by Gasteiger charge is -2.33. The molecule has 6 N–H and O–H groups in total. The summed E-state index contributed by atoms with van der Waals surface area (Å²) in [7, 11) is 0. The third-order valence-electron chi connectivity index (χ3n) is 6.34. The number of aliphatic carboxylic acids is 1. The topological polar surface area (TPSA) is 191 Å². The van der Waals surface area contributed by atoms with Crippen molar-refractivity contribution < 1.29 is 38.6 Å². The highest BCUT2D eigenvalue weighted by Crippen LogP contribution is 2.18. The van der Waals surface area contributed by atoms with Crippen molar-refractivity contribution in [1.29, 1.82) is 0 Å². The van der Waals surface area contributed by atoms with Crippen LogP contribution in [0.2, 0.25) is 0 Å². The molecule has 12 nitrogen and oxygen atoms in total. The molecule has 2 rings (SSSR count). The minimum Gasteiger partial charge on any atom is -0.481 e. The molecule has 1 unspecified atom stereocenters. The van der Waals surface area contributed by atoms with E-state index in [1.807, 2.05) is 30.3 Å². The molecule has 0 saturated heterocycles. The molecule has 0 fully saturated rings. The number of carbonyl (C=O) groups is 5. The second-order valence-electron chi connectivity index (χ2n) is 11.1. The first-order valence-electron chi connectivity index (χ1n) is 14.1. The van der Waals surface area contributed by atoms with Gasteiger partial charge in [-0.25, -0.2) is 4.79 Å². The predicted molar refractivity (Wildman–Crippen MR) is 158 cm³/mol. The van der Waals surface area contributed by atoms with Crippen LogP contribution in [0.15, 0.2) is 60.7 Å². The van der Waals surface area contributed by atoms with E-state index in [0.717, 1.165) is 5.56 Å². The molecule has 3 amide bonds. The van der Waals surface area contributed by atoms with Gasteiger partial charge in [0, 0.05) is 13.0 Å². The number of hydrogen-bond donors (Lipinski definition) is 4. The molecule has 2 aromatic rings. The second-order valence-corrected chi connectivity index (χ2v) is 11.1. The first-order chi connectivity index (χ1) is 20.3. The van der Waals surface area contributed by atoms with Crippen molar-refractivity contribution in [2.24, 2.45) is 11.5 Å². The monoisotopic (exact) mass is 598 g/mol. The molecular weight excluding hydrogens is 556 g/mol. The molecule has 0 aliphatic rings. The molecule has 0 aliphatic carbocycles. The minimum absolute atomic E-state index is 0.0352. The number of rotatable bonds is 16. The van der Waals surface area contributed by atoms with E-state index in [9.17, 15) is 29.1 Å². The summed E-state index contributed by atoms with van der Waals surface area (Å²) in [5.41, 5.74) is 12.3. The lowest BCUT2D eigenvalue weighted by molar-refractivity contribution is -0.147. The van der Waals surface area contributed by atoms with Gasteiger partial charge in [-0.2, -0.15) is 0 Å². The Morgan fingerprint density at radius 1 is 0.907 bits per heavy atom. The van der Waals surface area contributed by atoms with E-state index in [1.165, 1.54) is 4.90 Å². The van der Waals surface area contributed by atoms with Crippen molar-refractivity contribution in [1.82, 2.24) is 10.2 Å². The van der Waals surface area contributed by atoms with E-state index in [4.69, 9.17) is 20.9 Å². The van der Waals surface area contributed by atoms with Crippen LogP contribution in [-0.2, 0) is 41.8 Å². The lowest BCUT2D eigenvalue weighted by Crippen LogP contribution is -2.55. The molecule has 0 spiro atoms. The van der Waals surface area contributed by atoms with Gasteiger partial charge in [-0.1, -0.05) is 60.7 Å². The van der Waals surface area contributed by atoms with Crippen LogP contribution in [0.5, 0.6) is 0 Å². The Kier molecular flexibility index (Phi) is 13.6. The van der Waals surface area contributed by atoms with Crippen molar-refractivity contribution in [3.05, 3.63) is 71.8 Å². The molecule has 2 aromatic carbocycles. The van der Waals surface area contributed by atoms with Gasteiger partial charge in [0.05, 0.1) is 0 Å². The first-order valence-corrected chi connectivity index (χ1v) is 14.1. The fraction of sp³-hybridized carbons (Fsp3) is 0.452. The van der Waals surface area contributed by atoms with Crippen LogP contribution in [0, 0.1) is 0 Å². The summed E-state index contributed by atoms with van der Waals surface area (Å²) in [6.07, 6.45) is -1.09. The number of nitrogens with one attached hydrogen (secondary N) is 1. The largest absolute Gasteiger partial charge is 0.481 e. The number of ether oxygens (including phenoxy) is 2.